The van der Waals surface area contributed by atoms with Crippen molar-refractivity contribution < 1.29 is 27.1 Å². The molecule has 0 spiro atoms. The Bertz CT molecular complexity index is 2670. The minimum Gasteiger partial charge on any atom is -0.417 e. The van der Waals surface area contributed by atoms with Crippen molar-refractivity contribution >= 4 is 17.2 Å². The molecule has 0 aromatic heterocycles. The normalized spacial score (nSPS) is 11.0. The fraction of sp³-hybridized carbons (Fsp3) is 0.0182. The van der Waals surface area contributed by atoms with E-state index in [-0.39, 0.29) is 6.61 Å². The first-order valence-electron chi connectivity index (χ1n) is 20.5. The first-order valence-corrected chi connectivity index (χ1v) is 22.7. The highest BCUT2D eigenvalue weighted by atomic mass is 31.2. The van der Waals surface area contributed by atoms with Crippen molar-refractivity contribution in [3.63, 3.8) is 0 Å². The van der Waals surface area contributed by atoms with Crippen LogP contribution in [0, 0.1) is 0 Å². The summed E-state index contributed by atoms with van der Waals surface area (Å²) < 4.78 is 40.6. The van der Waals surface area contributed by atoms with Crippen molar-refractivity contribution in [2.75, 3.05) is 0 Å². The molecule has 308 valence electrons. The highest BCUT2D eigenvalue weighted by molar-refractivity contribution is 7.43. The Balaban J connectivity index is 1.04. The van der Waals surface area contributed by atoms with Gasteiger partial charge in [-0.05, 0) is 52.6 Å². The standard InChI is InChI=1S/C55H42O6P2/c1-5-23-42(24-6-1)47-32-14-19-37-52(47)58-62(59-53-38-20-15-33-48(53)43-25-7-2-8-26-43)56-41-46-31-13-18-36-51(46)57-63(60-54-39-21-16-34-49(54)44-27-9-3-10-28-44)61-55-40-22-17-35-50(55)45-29-11-4-12-30-45/h1-40H,41H2. The lowest BCUT2D eigenvalue weighted by Crippen LogP contribution is -2.06. The van der Waals surface area contributed by atoms with E-state index in [1.807, 2.05) is 194 Å². The molecule has 0 unspecified atom stereocenters. The van der Waals surface area contributed by atoms with Crippen LogP contribution in [-0.4, -0.2) is 0 Å². The minimum atomic E-state index is -2.10. The van der Waals surface area contributed by atoms with Crippen molar-refractivity contribution in [3.05, 3.63) is 248 Å². The van der Waals surface area contributed by atoms with Crippen LogP contribution in [0.25, 0.3) is 44.5 Å². The van der Waals surface area contributed by atoms with E-state index >= 15 is 0 Å². The molecule has 8 heteroatoms. The Morgan fingerprint density at radius 1 is 0.238 bits per heavy atom. The van der Waals surface area contributed by atoms with Crippen LogP contribution >= 0.6 is 17.2 Å². The average Bonchev–Trinajstić information content (AvgIpc) is 3.35. The number of para-hydroxylation sites is 5. The van der Waals surface area contributed by atoms with Gasteiger partial charge in [-0.2, -0.15) is 0 Å². The molecular formula is C55H42O6P2. The van der Waals surface area contributed by atoms with Gasteiger partial charge in [0, 0.05) is 27.8 Å². The molecule has 0 radical (unpaired) electrons. The van der Waals surface area contributed by atoms with Gasteiger partial charge in [0.25, 0.3) is 0 Å². The molecule has 0 heterocycles. The smallest absolute Gasteiger partial charge is 0.417 e. The SMILES string of the molecule is c1ccc(-c2ccccc2OP(OCc2ccccc2OP(Oc2ccccc2-c2ccccc2)Oc2ccccc2-c2ccccc2)Oc2ccccc2-c2ccccc2)cc1. The third-order valence-corrected chi connectivity index (χ3v) is 12.1. The fourth-order valence-electron chi connectivity index (χ4n) is 6.97. The van der Waals surface area contributed by atoms with E-state index in [9.17, 15) is 0 Å². The van der Waals surface area contributed by atoms with E-state index in [1.54, 1.807) is 0 Å². The van der Waals surface area contributed by atoms with Crippen LogP contribution in [0.5, 0.6) is 28.7 Å². The lowest BCUT2D eigenvalue weighted by molar-refractivity contribution is 0.254. The first kappa shape index (κ1) is 41.2. The number of rotatable bonds is 17. The predicted molar refractivity (Wildman–Crippen MR) is 256 cm³/mol. The van der Waals surface area contributed by atoms with Crippen LogP contribution in [0.4, 0.5) is 0 Å². The van der Waals surface area contributed by atoms with Crippen molar-refractivity contribution in [2.24, 2.45) is 0 Å². The number of hydrogen-bond donors (Lipinski definition) is 0. The summed E-state index contributed by atoms with van der Waals surface area (Å²) in [7, 11) is -4.13. The van der Waals surface area contributed by atoms with Gasteiger partial charge >= 0.3 is 17.2 Å². The zero-order valence-electron chi connectivity index (χ0n) is 34.1. The highest BCUT2D eigenvalue weighted by Gasteiger charge is 2.27. The Morgan fingerprint density at radius 3 is 0.841 bits per heavy atom. The van der Waals surface area contributed by atoms with Gasteiger partial charge in [0.1, 0.15) is 28.7 Å². The molecule has 9 rings (SSSR count). The third-order valence-electron chi connectivity index (χ3n) is 10.0. The summed E-state index contributed by atoms with van der Waals surface area (Å²) in [4.78, 5) is 0. The first-order chi connectivity index (χ1) is 31.2. The summed E-state index contributed by atoms with van der Waals surface area (Å²) >= 11 is 0. The molecule has 0 fully saturated rings. The van der Waals surface area contributed by atoms with Crippen LogP contribution in [0.3, 0.4) is 0 Å². The van der Waals surface area contributed by atoms with Gasteiger partial charge < -0.3 is 22.6 Å². The van der Waals surface area contributed by atoms with Crippen LogP contribution < -0.4 is 22.6 Å². The molecule has 0 bridgehead atoms. The summed E-state index contributed by atoms with van der Waals surface area (Å²) in [5.74, 6) is 3.05. The van der Waals surface area contributed by atoms with E-state index in [2.05, 4.69) is 48.5 Å². The van der Waals surface area contributed by atoms with E-state index < -0.39 is 17.2 Å². The molecular weight excluding hydrogens is 819 g/mol. The maximum Gasteiger partial charge on any atom is 0.530 e. The molecule has 0 N–H and O–H groups in total. The van der Waals surface area contributed by atoms with E-state index in [4.69, 9.17) is 27.1 Å². The Labute approximate surface area is 370 Å². The maximum absolute atomic E-state index is 6.82. The molecule has 6 nitrogen and oxygen atoms in total. The zero-order valence-corrected chi connectivity index (χ0v) is 35.9. The lowest BCUT2D eigenvalue weighted by atomic mass is 10.1. The van der Waals surface area contributed by atoms with Crippen LogP contribution in [0.15, 0.2) is 243 Å². The lowest BCUT2D eigenvalue weighted by Gasteiger charge is -2.23. The van der Waals surface area contributed by atoms with Crippen molar-refractivity contribution in [1.82, 2.24) is 0 Å². The van der Waals surface area contributed by atoms with E-state index in [1.165, 1.54) is 0 Å². The Kier molecular flexibility index (Phi) is 13.4. The largest absolute Gasteiger partial charge is 0.530 e. The van der Waals surface area contributed by atoms with Gasteiger partial charge in [-0.25, -0.2) is 0 Å². The molecule has 0 aliphatic carbocycles. The predicted octanol–water partition coefficient (Wildman–Crippen LogP) is 16.0. The molecule has 63 heavy (non-hydrogen) atoms. The summed E-state index contributed by atoms with van der Waals surface area (Å²) in [6.45, 7) is 0.0905. The summed E-state index contributed by atoms with van der Waals surface area (Å²) in [5.41, 5.74) is 8.47. The van der Waals surface area contributed by atoms with Crippen LogP contribution in [0.1, 0.15) is 5.56 Å². The molecule has 0 amide bonds. The zero-order chi connectivity index (χ0) is 42.5. The van der Waals surface area contributed by atoms with Gasteiger partial charge in [0.2, 0.25) is 0 Å². The van der Waals surface area contributed by atoms with Gasteiger partial charge in [0.15, 0.2) is 0 Å². The van der Waals surface area contributed by atoms with Crippen LogP contribution in [0.2, 0.25) is 0 Å². The van der Waals surface area contributed by atoms with Gasteiger partial charge in [-0.3, -0.25) is 4.52 Å². The van der Waals surface area contributed by atoms with E-state index in [0.717, 1.165) is 50.1 Å². The maximum atomic E-state index is 6.82. The summed E-state index contributed by atoms with van der Waals surface area (Å²) in [6.07, 6.45) is 0. The minimum absolute atomic E-state index is 0.0905. The van der Waals surface area contributed by atoms with Crippen molar-refractivity contribution in [3.8, 4) is 73.3 Å². The highest BCUT2D eigenvalue weighted by Crippen LogP contribution is 2.50. The summed E-state index contributed by atoms with van der Waals surface area (Å²) in [6, 6.07) is 79.9. The topological polar surface area (TPSA) is 55.4 Å². The monoisotopic (exact) mass is 860 g/mol. The fourth-order valence-corrected chi connectivity index (χ4v) is 9.09. The Hall–Kier alpha value is -7.20. The van der Waals surface area contributed by atoms with Crippen molar-refractivity contribution in [2.45, 2.75) is 6.61 Å². The third kappa shape index (κ3) is 10.5. The van der Waals surface area contributed by atoms with E-state index in [0.29, 0.717) is 28.7 Å². The number of benzene rings is 9. The van der Waals surface area contributed by atoms with Gasteiger partial charge in [-0.1, -0.05) is 212 Å². The number of hydrogen-bond acceptors (Lipinski definition) is 6. The molecule has 9 aromatic rings. The second-order valence-electron chi connectivity index (χ2n) is 14.2. The van der Waals surface area contributed by atoms with Gasteiger partial charge in [0.05, 0.1) is 6.61 Å². The second-order valence-corrected chi connectivity index (χ2v) is 16.3. The molecule has 0 saturated carbocycles. The second kappa shape index (κ2) is 20.6. The van der Waals surface area contributed by atoms with Gasteiger partial charge in [-0.15, -0.1) is 0 Å². The average molecular weight is 861 g/mol. The quantitative estimate of drug-likeness (QED) is 0.0850. The van der Waals surface area contributed by atoms with Crippen molar-refractivity contribution in [1.29, 1.82) is 0 Å². The summed E-state index contributed by atoms with van der Waals surface area (Å²) in [5, 5.41) is 0. The molecule has 0 aliphatic rings. The molecule has 0 atom stereocenters. The Morgan fingerprint density at radius 2 is 0.492 bits per heavy atom. The molecule has 0 saturated heterocycles. The molecule has 0 aliphatic heterocycles. The molecule has 9 aromatic carbocycles. The van der Waals surface area contributed by atoms with Crippen LogP contribution in [-0.2, 0) is 11.1 Å².